The number of rotatable bonds is 7. The first-order chi connectivity index (χ1) is 10.2. The van der Waals surface area contributed by atoms with Crippen LogP contribution in [0, 0.1) is 0 Å². The molecule has 110 valence electrons. The van der Waals surface area contributed by atoms with Gasteiger partial charge in [0, 0.05) is 32.0 Å². The van der Waals surface area contributed by atoms with Crippen LogP contribution in [-0.4, -0.2) is 36.2 Å². The fourth-order valence-electron chi connectivity index (χ4n) is 2.05. The number of aromatic carboxylic acids is 1. The van der Waals surface area contributed by atoms with E-state index in [1.54, 1.807) is 18.3 Å². The molecule has 0 unspecified atom stereocenters. The third-order valence-electron chi connectivity index (χ3n) is 3.20. The van der Waals surface area contributed by atoms with Crippen LogP contribution in [0.5, 0.6) is 0 Å². The quantitative estimate of drug-likeness (QED) is 0.766. The number of carboxylic acid groups (broad SMARTS) is 1. The molecular weight excluding hydrogens is 266 g/mol. The fraction of sp³-hybridized carbons (Fsp3) is 0.250. The van der Waals surface area contributed by atoms with Crippen molar-refractivity contribution in [2.24, 2.45) is 0 Å². The van der Waals surface area contributed by atoms with Crippen molar-refractivity contribution in [3.05, 3.63) is 54.2 Å². The first kappa shape index (κ1) is 14.8. The number of benzene rings is 1. The number of carbonyl (C=O) groups is 1. The fourth-order valence-corrected chi connectivity index (χ4v) is 2.05. The Bertz CT molecular complexity index is 587. The van der Waals surface area contributed by atoms with Gasteiger partial charge in [-0.1, -0.05) is 18.2 Å². The highest BCUT2D eigenvalue weighted by molar-refractivity contribution is 5.92. The van der Waals surface area contributed by atoms with Gasteiger partial charge in [0.25, 0.3) is 0 Å². The number of para-hydroxylation sites is 1. The van der Waals surface area contributed by atoms with Crippen LogP contribution in [0.25, 0.3) is 0 Å². The Balaban J connectivity index is 1.81. The van der Waals surface area contributed by atoms with Crippen LogP contribution < -0.4 is 10.2 Å². The highest BCUT2D eigenvalue weighted by Gasteiger charge is 2.09. The zero-order valence-corrected chi connectivity index (χ0v) is 12.0. The molecule has 1 aromatic carbocycles. The van der Waals surface area contributed by atoms with E-state index < -0.39 is 5.97 Å². The Morgan fingerprint density at radius 2 is 2.00 bits per heavy atom. The summed E-state index contributed by atoms with van der Waals surface area (Å²) in [5, 5.41) is 12.2. The van der Waals surface area contributed by atoms with Crippen molar-refractivity contribution >= 4 is 17.5 Å². The molecule has 2 N–H and O–H groups in total. The molecule has 0 radical (unpaired) electrons. The Labute approximate surface area is 124 Å². The molecule has 0 aliphatic carbocycles. The van der Waals surface area contributed by atoms with Gasteiger partial charge in [0.05, 0.1) is 0 Å². The van der Waals surface area contributed by atoms with Gasteiger partial charge < -0.3 is 15.3 Å². The first-order valence-electron chi connectivity index (χ1n) is 6.87. The maximum absolute atomic E-state index is 11.1. The lowest BCUT2D eigenvalue weighted by molar-refractivity contribution is 0.0697. The number of pyridine rings is 1. The molecule has 0 aliphatic rings. The molecule has 1 aromatic heterocycles. The normalized spacial score (nSPS) is 10.1. The molecular formula is C16H19N3O2. The summed E-state index contributed by atoms with van der Waals surface area (Å²) < 4.78 is 0. The summed E-state index contributed by atoms with van der Waals surface area (Å²) in [6.07, 6.45) is 2.48. The Morgan fingerprint density at radius 3 is 2.71 bits per heavy atom. The summed E-state index contributed by atoms with van der Waals surface area (Å²) in [6, 6.07) is 13.3. The molecule has 0 atom stereocenters. The molecule has 0 amide bonds. The second-order valence-corrected chi connectivity index (χ2v) is 4.74. The van der Waals surface area contributed by atoms with Crippen LogP contribution in [0.4, 0.5) is 11.5 Å². The van der Waals surface area contributed by atoms with E-state index in [2.05, 4.69) is 27.3 Å². The Hall–Kier alpha value is -2.56. The minimum Gasteiger partial charge on any atom is -0.478 e. The Morgan fingerprint density at radius 1 is 1.24 bits per heavy atom. The number of nitrogens with one attached hydrogen (secondary N) is 1. The summed E-state index contributed by atoms with van der Waals surface area (Å²) in [4.78, 5) is 17.3. The van der Waals surface area contributed by atoms with Gasteiger partial charge in [-0.15, -0.1) is 0 Å². The minimum absolute atomic E-state index is 0.203. The second-order valence-electron chi connectivity index (χ2n) is 4.74. The van der Waals surface area contributed by atoms with E-state index in [0.717, 1.165) is 13.0 Å². The molecule has 21 heavy (non-hydrogen) atoms. The average Bonchev–Trinajstić information content (AvgIpc) is 2.52. The number of nitrogens with zero attached hydrogens (tertiary/aromatic N) is 2. The second kappa shape index (κ2) is 7.28. The molecule has 2 aromatic rings. The van der Waals surface area contributed by atoms with Crippen molar-refractivity contribution in [3.63, 3.8) is 0 Å². The van der Waals surface area contributed by atoms with Gasteiger partial charge in [0.2, 0.25) is 0 Å². The van der Waals surface area contributed by atoms with Crippen LogP contribution in [0.3, 0.4) is 0 Å². The highest BCUT2D eigenvalue weighted by atomic mass is 16.4. The first-order valence-corrected chi connectivity index (χ1v) is 6.87. The van der Waals surface area contributed by atoms with E-state index in [-0.39, 0.29) is 5.56 Å². The molecule has 0 saturated carbocycles. The van der Waals surface area contributed by atoms with Crippen LogP contribution in [0.2, 0.25) is 0 Å². The molecule has 0 bridgehead atoms. The number of hydrogen-bond acceptors (Lipinski definition) is 4. The SMILES string of the molecule is CN(CCCNc1ncccc1C(=O)O)c1ccccc1. The molecule has 0 spiro atoms. The van der Waals surface area contributed by atoms with E-state index >= 15 is 0 Å². The van der Waals surface area contributed by atoms with E-state index in [0.29, 0.717) is 12.4 Å². The van der Waals surface area contributed by atoms with Crippen LogP contribution in [0.15, 0.2) is 48.7 Å². The van der Waals surface area contributed by atoms with E-state index in [4.69, 9.17) is 5.11 Å². The number of aromatic nitrogens is 1. The summed E-state index contributed by atoms with van der Waals surface area (Å²) in [6.45, 7) is 1.56. The maximum Gasteiger partial charge on any atom is 0.339 e. The zero-order valence-electron chi connectivity index (χ0n) is 12.0. The number of carboxylic acids is 1. The molecule has 0 fully saturated rings. The van der Waals surface area contributed by atoms with Crippen LogP contribution >= 0.6 is 0 Å². The minimum atomic E-state index is -0.966. The van der Waals surface area contributed by atoms with Gasteiger partial charge in [-0.05, 0) is 30.7 Å². The molecule has 1 heterocycles. The highest BCUT2D eigenvalue weighted by Crippen LogP contribution is 2.13. The predicted molar refractivity (Wildman–Crippen MR) is 84.0 cm³/mol. The summed E-state index contributed by atoms with van der Waals surface area (Å²) in [7, 11) is 2.04. The van der Waals surface area contributed by atoms with Crippen molar-refractivity contribution in [1.29, 1.82) is 0 Å². The Kier molecular flexibility index (Phi) is 5.15. The standard InChI is InChI=1S/C16H19N3O2/c1-19(13-7-3-2-4-8-13)12-6-11-18-15-14(16(20)21)9-5-10-17-15/h2-5,7-10H,6,11-12H2,1H3,(H,17,18)(H,20,21). The lowest BCUT2D eigenvalue weighted by atomic mass is 10.2. The van der Waals surface area contributed by atoms with Gasteiger partial charge in [0.15, 0.2) is 0 Å². The van der Waals surface area contributed by atoms with Crippen molar-refractivity contribution in [2.75, 3.05) is 30.4 Å². The summed E-state index contributed by atoms with van der Waals surface area (Å²) in [5.41, 5.74) is 1.37. The van der Waals surface area contributed by atoms with Crippen LogP contribution in [0.1, 0.15) is 16.8 Å². The lowest BCUT2D eigenvalue weighted by Gasteiger charge is -2.19. The molecule has 5 nitrogen and oxygen atoms in total. The maximum atomic E-state index is 11.1. The molecule has 0 saturated heterocycles. The van der Waals surface area contributed by atoms with Crippen molar-refractivity contribution < 1.29 is 9.90 Å². The van der Waals surface area contributed by atoms with E-state index in [1.807, 2.05) is 25.2 Å². The summed E-state index contributed by atoms with van der Waals surface area (Å²) >= 11 is 0. The van der Waals surface area contributed by atoms with Gasteiger partial charge in [-0.25, -0.2) is 9.78 Å². The van der Waals surface area contributed by atoms with Crippen molar-refractivity contribution in [1.82, 2.24) is 4.98 Å². The van der Waals surface area contributed by atoms with Gasteiger partial charge in [0.1, 0.15) is 11.4 Å². The molecule has 5 heteroatoms. The third-order valence-corrected chi connectivity index (χ3v) is 3.20. The number of anilines is 2. The van der Waals surface area contributed by atoms with Gasteiger partial charge in [-0.3, -0.25) is 0 Å². The predicted octanol–water partition coefficient (Wildman–Crippen LogP) is 2.72. The lowest BCUT2D eigenvalue weighted by Crippen LogP contribution is -2.21. The smallest absolute Gasteiger partial charge is 0.339 e. The summed E-state index contributed by atoms with van der Waals surface area (Å²) in [5.74, 6) is -0.542. The van der Waals surface area contributed by atoms with Gasteiger partial charge >= 0.3 is 5.97 Å². The zero-order chi connectivity index (χ0) is 15.1. The molecule has 0 aliphatic heterocycles. The van der Waals surface area contributed by atoms with E-state index in [9.17, 15) is 4.79 Å². The largest absolute Gasteiger partial charge is 0.478 e. The number of hydrogen-bond donors (Lipinski definition) is 2. The van der Waals surface area contributed by atoms with E-state index in [1.165, 1.54) is 5.69 Å². The van der Waals surface area contributed by atoms with Gasteiger partial charge in [-0.2, -0.15) is 0 Å². The van der Waals surface area contributed by atoms with Crippen LogP contribution in [-0.2, 0) is 0 Å². The van der Waals surface area contributed by atoms with Crippen molar-refractivity contribution in [2.45, 2.75) is 6.42 Å². The monoisotopic (exact) mass is 285 g/mol. The average molecular weight is 285 g/mol. The third kappa shape index (κ3) is 4.21. The molecule has 2 rings (SSSR count). The van der Waals surface area contributed by atoms with Crippen molar-refractivity contribution in [3.8, 4) is 0 Å². The topological polar surface area (TPSA) is 65.5 Å².